The fourth-order valence-corrected chi connectivity index (χ4v) is 3.15. The van der Waals surface area contributed by atoms with E-state index in [0.717, 1.165) is 5.56 Å². The number of benzene rings is 1. The number of halogens is 2. The van der Waals surface area contributed by atoms with E-state index in [1.807, 2.05) is 25.1 Å². The Morgan fingerprint density at radius 2 is 2.14 bits per heavy atom. The van der Waals surface area contributed by atoms with Crippen LogP contribution in [0.25, 0.3) is 0 Å². The number of hydrogen-bond acceptors (Lipinski definition) is 2. The summed E-state index contributed by atoms with van der Waals surface area (Å²) in [5.41, 5.74) is 1.57. The minimum absolute atomic E-state index is 0.177. The van der Waals surface area contributed by atoms with Gasteiger partial charge in [-0.2, -0.15) is 5.10 Å². The van der Waals surface area contributed by atoms with E-state index >= 15 is 0 Å². The van der Waals surface area contributed by atoms with E-state index in [9.17, 15) is 4.79 Å². The van der Waals surface area contributed by atoms with Crippen LogP contribution in [0.15, 0.2) is 36.5 Å². The maximum atomic E-state index is 12.3. The molecule has 0 spiro atoms. The number of carbonyl (C=O) groups excluding carboxylic acids is 1. The average molecular weight is 338 g/mol. The van der Waals surface area contributed by atoms with Gasteiger partial charge >= 0.3 is 0 Å². The van der Waals surface area contributed by atoms with E-state index < -0.39 is 9.75 Å². The van der Waals surface area contributed by atoms with Gasteiger partial charge in [0.15, 0.2) is 0 Å². The van der Waals surface area contributed by atoms with Crippen LogP contribution in [0, 0.1) is 12.3 Å². The molecule has 0 aliphatic heterocycles. The minimum Gasteiger partial charge on any atom is -0.310 e. The number of rotatable bonds is 4. The smallest absolute Gasteiger partial charge is 0.234 e. The van der Waals surface area contributed by atoms with Gasteiger partial charge in [-0.15, -0.1) is 23.2 Å². The number of nitrogens with one attached hydrogen (secondary N) is 1. The third kappa shape index (κ3) is 2.73. The highest BCUT2D eigenvalue weighted by molar-refractivity contribution is 6.53. The number of aryl methyl sites for hydroxylation is 1. The highest BCUT2D eigenvalue weighted by atomic mass is 35.5. The number of hydrogen-bond donors (Lipinski definition) is 1. The summed E-state index contributed by atoms with van der Waals surface area (Å²) in [5, 5.41) is 7.15. The first-order chi connectivity index (χ1) is 10.3. The second-order valence-electron chi connectivity index (χ2n) is 6.03. The molecule has 22 heavy (non-hydrogen) atoms. The molecule has 4 nitrogen and oxygen atoms in total. The van der Waals surface area contributed by atoms with Gasteiger partial charge in [0.2, 0.25) is 5.91 Å². The fraction of sp³-hybridized carbons (Fsp3) is 0.375. The van der Waals surface area contributed by atoms with Crippen molar-refractivity contribution in [3.63, 3.8) is 0 Å². The summed E-state index contributed by atoms with van der Waals surface area (Å²) in [6.45, 7) is 4.40. The average Bonchev–Trinajstić information content (AvgIpc) is 2.77. The van der Waals surface area contributed by atoms with E-state index in [1.165, 1.54) is 5.56 Å². The molecule has 1 saturated carbocycles. The lowest BCUT2D eigenvalue weighted by molar-refractivity contribution is -0.120. The van der Waals surface area contributed by atoms with Crippen molar-refractivity contribution in [3.05, 3.63) is 47.7 Å². The largest absolute Gasteiger partial charge is 0.310 e. The second-order valence-corrected chi connectivity index (χ2v) is 7.51. The zero-order chi connectivity index (χ0) is 16.0. The summed E-state index contributed by atoms with van der Waals surface area (Å²) in [5.74, 6) is 0.465. The van der Waals surface area contributed by atoms with Gasteiger partial charge < -0.3 is 5.32 Å². The van der Waals surface area contributed by atoms with Crippen molar-refractivity contribution >= 4 is 34.9 Å². The third-order valence-electron chi connectivity index (χ3n) is 4.13. The first-order valence-electron chi connectivity index (χ1n) is 7.08. The summed E-state index contributed by atoms with van der Waals surface area (Å²) in [7, 11) is 0. The van der Waals surface area contributed by atoms with Gasteiger partial charge in [0, 0.05) is 6.07 Å². The summed E-state index contributed by atoms with van der Waals surface area (Å²) in [6, 6.07) is 9.95. The first-order valence-corrected chi connectivity index (χ1v) is 7.84. The Balaban J connectivity index is 1.74. The van der Waals surface area contributed by atoms with Crippen molar-refractivity contribution in [2.24, 2.45) is 5.41 Å². The van der Waals surface area contributed by atoms with Crippen LogP contribution < -0.4 is 5.32 Å². The molecule has 6 heteroatoms. The molecular weight excluding hydrogens is 321 g/mol. The lowest BCUT2D eigenvalue weighted by atomic mass is 10.1. The Hall–Kier alpha value is -1.52. The second kappa shape index (κ2) is 5.28. The van der Waals surface area contributed by atoms with Crippen molar-refractivity contribution in [2.75, 3.05) is 5.32 Å². The Bertz CT molecular complexity index is 726. The molecule has 1 aromatic carbocycles. The van der Waals surface area contributed by atoms with Crippen LogP contribution in [-0.4, -0.2) is 20.0 Å². The van der Waals surface area contributed by atoms with E-state index in [0.29, 0.717) is 18.8 Å². The van der Waals surface area contributed by atoms with Gasteiger partial charge in [0.1, 0.15) is 10.2 Å². The molecule has 1 amide bonds. The van der Waals surface area contributed by atoms with Crippen molar-refractivity contribution in [2.45, 2.75) is 31.1 Å². The number of alkyl halides is 2. The van der Waals surface area contributed by atoms with E-state index in [2.05, 4.69) is 16.5 Å². The highest BCUT2D eigenvalue weighted by Gasteiger charge is 2.68. The molecule has 0 saturated heterocycles. The van der Waals surface area contributed by atoms with Gasteiger partial charge in [-0.25, -0.2) is 4.68 Å². The number of amides is 1. The molecule has 1 atom stereocenters. The highest BCUT2D eigenvalue weighted by Crippen LogP contribution is 2.64. The Kier molecular flexibility index (Phi) is 3.69. The molecule has 1 N–H and O–H groups in total. The quantitative estimate of drug-likeness (QED) is 0.863. The zero-order valence-corrected chi connectivity index (χ0v) is 13.9. The Morgan fingerprint density at radius 1 is 1.41 bits per heavy atom. The topological polar surface area (TPSA) is 46.9 Å². The molecule has 0 radical (unpaired) electrons. The van der Waals surface area contributed by atoms with Gasteiger partial charge in [0.25, 0.3) is 0 Å². The SMILES string of the molecule is Cc1cccc(Cn2nccc2NC(=O)[C@@]2(C)CC2(Cl)Cl)c1. The summed E-state index contributed by atoms with van der Waals surface area (Å²) >= 11 is 12.1. The molecule has 116 valence electrons. The van der Waals surface area contributed by atoms with E-state index in [1.54, 1.807) is 23.9 Å². The summed E-state index contributed by atoms with van der Waals surface area (Å²) in [4.78, 5) is 12.3. The minimum atomic E-state index is -0.974. The standard InChI is InChI=1S/C16H17Cl2N3O/c1-11-4-3-5-12(8-11)9-21-13(6-7-19-21)20-14(22)15(2)10-16(15,17)18/h3-8H,9-10H2,1-2H3,(H,20,22)/t15-/m1/s1. The van der Waals surface area contributed by atoms with Crippen LogP contribution in [0.4, 0.5) is 5.82 Å². The normalized spacial score (nSPS) is 22.4. The predicted molar refractivity (Wildman–Crippen MR) is 88.3 cm³/mol. The van der Waals surface area contributed by atoms with Crippen LogP contribution in [-0.2, 0) is 11.3 Å². The lowest BCUT2D eigenvalue weighted by Gasteiger charge is -2.14. The maximum absolute atomic E-state index is 12.3. The van der Waals surface area contributed by atoms with Gasteiger partial charge in [-0.1, -0.05) is 29.8 Å². The third-order valence-corrected chi connectivity index (χ3v) is 5.23. The van der Waals surface area contributed by atoms with Crippen LogP contribution in [0.3, 0.4) is 0 Å². The van der Waals surface area contributed by atoms with Gasteiger partial charge in [-0.05, 0) is 25.8 Å². The van der Waals surface area contributed by atoms with Crippen molar-refractivity contribution in [1.82, 2.24) is 9.78 Å². The van der Waals surface area contributed by atoms with E-state index in [-0.39, 0.29) is 5.91 Å². The lowest BCUT2D eigenvalue weighted by Crippen LogP contribution is -2.27. The number of anilines is 1. The Labute approximate surface area is 139 Å². The van der Waals surface area contributed by atoms with Crippen molar-refractivity contribution in [1.29, 1.82) is 0 Å². The maximum Gasteiger partial charge on any atom is 0.234 e. The Morgan fingerprint density at radius 3 is 2.77 bits per heavy atom. The first kappa shape index (κ1) is 15.4. The van der Waals surface area contributed by atoms with Crippen LogP contribution in [0.1, 0.15) is 24.5 Å². The monoisotopic (exact) mass is 337 g/mol. The number of aromatic nitrogens is 2. The molecule has 3 rings (SSSR count). The molecular formula is C16H17Cl2N3O. The van der Waals surface area contributed by atoms with Crippen molar-refractivity contribution < 1.29 is 4.79 Å². The number of carbonyl (C=O) groups is 1. The molecule has 2 aromatic rings. The predicted octanol–water partition coefficient (Wildman–Crippen LogP) is 3.76. The van der Waals surface area contributed by atoms with Crippen LogP contribution in [0.2, 0.25) is 0 Å². The van der Waals surface area contributed by atoms with Crippen molar-refractivity contribution in [3.8, 4) is 0 Å². The molecule has 1 aliphatic rings. The molecule has 1 heterocycles. The van der Waals surface area contributed by atoms with Crippen LogP contribution >= 0.6 is 23.2 Å². The van der Waals surface area contributed by atoms with Gasteiger partial charge in [0.05, 0.1) is 18.2 Å². The van der Waals surface area contributed by atoms with Gasteiger partial charge in [-0.3, -0.25) is 4.79 Å². The number of nitrogens with zero attached hydrogens (tertiary/aromatic N) is 2. The van der Waals surface area contributed by atoms with Crippen LogP contribution in [0.5, 0.6) is 0 Å². The summed E-state index contributed by atoms with van der Waals surface area (Å²) in [6.07, 6.45) is 2.12. The molecule has 1 aromatic heterocycles. The fourth-order valence-electron chi connectivity index (χ4n) is 2.45. The summed E-state index contributed by atoms with van der Waals surface area (Å²) < 4.78 is 0.779. The van der Waals surface area contributed by atoms with E-state index in [4.69, 9.17) is 23.2 Å². The molecule has 1 aliphatic carbocycles. The molecule has 0 bridgehead atoms. The molecule has 1 fully saturated rings. The zero-order valence-electron chi connectivity index (χ0n) is 12.4. The molecule has 0 unspecified atom stereocenters.